The summed E-state index contributed by atoms with van der Waals surface area (Å²) in [5, 5.41) is 0.407. The van der Waals surface area contributed by atoms with Crippen LogP contribution in [0.5, 0.6) is 0 Å². The molecule has 2 fully saturated rings. The number of benzene rings is 2. The molecule has 30 heavy (non-hydrogen) atoms. The Hall–Kier alpha value is -2.66. The second-order valence-electron chi connectivity index (χ2n) is 8.24. The first kappa shape index (κ1) is 20.6. The molecule has 0 spiro atoms. The smallest absolute Gasteiger partial charge is 0.240 e. The largest absolute Gasteiger partial charge is 0.343 e. The Morgan fingerprint density at radius 3 is 2.27 bits per heavy atom. The molecule has 6 heteroatoms. The lowest BCUT2D eigenvalue weighted by molar-refractivity contribution is -0.141. The summed E-state index contributed by atoms with van der Waals surface area (Å²) in [5.41, 5.74) is 0.634. The number of nitrogens with zero attached hydrogens (tertiary/aromatic N) is 2. The fourth-order valence-electron chi connectivity index (χ4n) is 4.74. The lowest BCUT2D eigenvalue weighted by Gasteiger charge is -2.35. The van der Waals surface area contributed by atoms with Crippen LogP contribution in [-0.2, 0) is 19.8 Å². The quantitative estimate of drug-likeness (QED) is 0.702. The van der Waals surface area contributed by atoms with Crippen molar-refractivity contribution >= 4 is 29.3 Å². The van der Waals surface area contributed by atoms with Gasteiger partial charge in [0, 0.05) is 38.0 Å². The van der Waals surface area contributed by atoms with E-state index in [1.165, 1.54) is 12.6 Å². The standard InChI is InChI=1S/C24H25ClN2O3/c1-26-21(28)15-24(23(26)30,19-9-5-6-10-20(19)25)16-22(29)27-13-11-18(12-14-27)17-7-3-2-4-8-17/h2-10,18H,11-16H2,1H3. The number of likely N-dealkylation sites (tertiary alicyclic amines) is 2. The van der Waals surface area contributed by atoms with Crippen molar-refractivity contribution in [3.8, 4) is 0 Å². The molecule has 156 valence electrons. The van der Waals surface area contributed by atoms with Crippen LogP contribution in [0.25, 0.3) is 0 Å². The lowest BCUT2D eigenvalue weighted by atomic mass is 9.75. The number of hydrogen-bond acceptors (Lipinski definition) is 3. The number of imide groups is 1. The van der Waals surface area contributed by atoms with Crippen LogP contribution in [0.1, 0.15) is 42.7 Å². The summed E-state index contributed by atoms with van der Waals surface area (Å²) in [6.45, 7) is 1.30. The van der Waals surface area contributed by atoms with Gasteiger partial charge in [-0.1, -0.05) is 60.1 Å². The average Bonchev–Trinajstić information content (AvgIpc) is 2.99. The zero-order valence-corrected chi connectivity index (χ0v) is 17.8. The first-order valence-corrected chi connectivity index (χ1v) is 10.7. The molecule has 2 saturated heterocycles. The molecule has 1 atom stereocenters. The van der Waals surface area contributed by atoms with Crippen molar-refractivity contribution in [1.82, 2.24) is 9.80 Å². The van der Waals surface area contributed by atoms with Gasteiger partial charge in [-0.25, -0.2) is 0 Å². The van der Waals surface area contributed by atoms with Crippen LogP contribution in [0.15, 0.2) is 54.6 Å². The van der Waals surface area contributed by atoms with Crippen LogP contribution in [0, 0.1) is 0 Å². The van der Waals surface area contributed by atoms with Crippen molar-refractivity contribution < 1.29 is 14.4 Å². The van der Waals surface area contributed by atoms with Gasteiger partial charge in [-0.05, 0) is 36.0 Å². The number of hydrogen-bond donors (Lipinski definition) is 0. The maximum absolute atomic E-state index is 13.2. The van der Waals surface area contributed by atoms with Crippen molar-refractivity contribution in [2.75, 3.05) is 20.1 Å². The molecule has 0 radical (unpaired) electrons. The predicted molar refractivity (Wildman–Crippen MR) is 115 cm³/mol. The van der Waals surface area contributed by atoms with E-state index < -0.39 is 5.41 Å². The van der Waals surface area contributed by atoms with E-state index in [0.29, 0.717) is 29.6 Å². The zero-order chi connectivity index (χ0) is 21.3. The molecule has 3 amide bonds. The fraction of sp³-hybridized carbons (Fsp3) is 0.375. The number of amides is 3. The molecule has 2 aliphatic rings. The third-order valence-corrected chi connectivity index (χ3v) is 6.83. The minimum Gasteiger partial charge on any atom is -0.343 e. The summed E-state index contributed by atoms with van der Waals surface area (Å²) in [4.78, 5) is 41.7. The normalized spacial score (nSPS) is 22.6. The molecule has 5 nitrogen and oxygen atoms in total. The van der Waals surface area contributed by atoms with E-state index in [0.717, 1.165) is 17.7 Å². The van der Waals surface area contributed by atoms with E-state index in [1.807, 2.05) is 23.1 Å². The number of rotatable bonds is 4. The van der Waals surface area contributed by atoms with Gasteiger partial charge in [0.15, 0.2) is 0 Å². The topological polar surface area (TPSA) is 57.7 Å². The molecule has 2 aromatic rings. The second kappa shape index (κ2) is 8.23. The Morgan fingerprint density at radius 2 is 1.67 bits per heavy atom. The zero-order valence-electron chi connectivity index (χ0n) is 17.0. The molecule has 2 heterocycles. The Balaban J connectivity index is 1.53. The highest BCUT2D eigenvalue weighted by Gasteiger charge is 2.53. The predicted octanol–water partition coefficient (Wildman–Crippen LogP) is 3.76. The summed E-state index contributed by atoms with van der Waals surface area (Å²) in [5.74, 6) is -0.296. The summed E-state index contributed by atoms with van der Waals surface area (Å²) in [6, 6.07) is 17.4. The molecule has 2 aromatic carbocycles. The number of piperidine rings is 1. The van der Waals surface area contributed by atoms with Crippen molar-refractivity contribution in [1.29, 1.82) is 0 Å². The number of carbonyl (C=O) groups is 3. The summed E-state index contributed by atoms with van der Waals surface area (Å²) < 4.78 is 0. The first-order valence-electron chi connectivity index (χ1n) is 10.3. The van der Waals surface area contributed by atoms with Gasteiger partial charge >= 0.3 is 0 Å². The SMILES string of the molecule is CN1C(=O)CC(CC(=O)N2CCC(c3ccccc3)CC2)(c2ccccc2Cl)C1=O. The highest BCUT2D eigenvalue weighted by molar-refractivity contribution is 6.32. The summed E-state index contributed by atoms with van der Waals surface area (Å²) in [7, 11) is 1.47. The third-order valence-electron chi connectivity index (χ3n) is 6.50. The van der Waals surface area contributed by atoms with Gasteiger partial charge in [0.25, 0.3) is 0 Å². The van der Waals surface area contributed by atoms with Crippen molar-refractivity contribution in [2.24, 2.45) is 0 Å². The molecule has 2 aliphatic heterocycles. The van der Waals surface area contributed by atoms with Gasteiger partial charge in [-0.3, -0.25) is 19.3 Å². The maximum Gasteiger partial charge on any atom is 0.240 e. The molecule has 0 N–H and O–H groups in total. The summed E-state index contributed by atoms with van der Waals surface area (Å²) in [6.07, 6.45) is 1.71. The molecule has 0 aromatic heterocycles. The molecule has 0 saturated carbocycles. The van der Waals surface area contributed by atoms with Crippen LogP contribution in [0.2, 0.25) is 5.02 Å². The fourth-order valence-corrected chi connectivity index (χ4v) is 5.05. The highest BCUT2D eigenvalue weighted by atomic mass is 35.5. The number of likely N-dealkylation sites (N-methyl/N-ethyl adjacent to an activating group) is 1. The van der Waals surface area contributed by atoms with Crippen molar-refractivity contribution in [2.45, 2.75) is 37.0 Å². The van der Waals surface area contributed by atoms with Gasteiger partial charge < -0.3 is 4.90 Å². The van der Waals surface area contributed by atoms with Crippen LogP contribution in [-0.4, -0.2) is 47.7 Å². The van der Waals surface area contributed by atoms with Gasteiger partial charge in [-0.15, -0.1) is 0 Å². The van der Waals surface area contributed by atoms with E-state index >= 15 is 0 Å². The molecule has 1 unspecified atom stereocenters. The lowest BCUT2D eigenvalue weighted by Crippen LogP contribution is -2.45. The van der Waals surface area contributed by atoms with Crippen molar-refractivity contribution in [3.05, 3.63) is 70.7 Å². The van der Waals surface area contributed by atoms with Crippen LogP contribution in [0.4, 0.5) is 0 Å². The minimum atomic E-state index is -1.22. The molecular weight excluding hydrogens is 400 g/mol. The van der Waals surface area contributed by atoms with Gasteiger partial charge in [0.1, 0.15) is 0 Å². The Labute approximate surface area is 181 Å². The number of halogens is 1. The maximum atomic E-state index is 13.2. The van der Waals surface area contributed by atoms with E-state index in [9.17, 15) is 14.4 Å². The third kappa shape index (κ3) is 3.63. The van der Waals surface area contributed by atoms with E-state index in [1.54, 1.807) is 24.3 Å². The summed E-state index contributed by atoms with van der Waals surface area (Å²) >= 11 is 6.40. The van der Waals surface area contributed by atoms with Crippen LogP contribution >= 0.6 is 11.6 Å². The minimum absolute atomic E-state index is 0.0295. The van der Waals surface area contributed by atoms with E-state index in [2.05, 4.69) is 12.1 Å². The number of carbonyl (C=O) groups excluding carboxylic acids is 3. The Morgan fingerprint density at radius 1 is 1.03 bits per heavy atom. The highest BCUT2D eigenvalue weighted by Crippen LogP contribution is 2.43. The Kier molecular flexibility index (Phi) is 5.65. The van der Waals surface area contributed by atoms with Crippen molar-refractivity contribution in [3.63, 3.8) is 0 Å². The average molecular weight is 425 g/mol. The van der Waals surface area contributed by atoms with Gasteiger partial charge in [0.2, 0.25) is 17.7 Å². The second-order valence-corrected chi connectivity index (χ2v) is 8.65. The van der Waals surface area contributed by atoms with E-state index in [-0.39, 0.29) is 30.6 Å². The van der Waals surface area contributed by atoms with Gasteiger partial charge in [0.05, 0.1) is 5.41 Å². The molecule has 0 aliphatic carbocycles. The molecular formula is C24H25ClN2O3. The van der Waals surface area contributed by atoms with Gasteiger partial charge in [-0.2, -0.15) is 0 Å². The first-order chi connectivity index (χ1) is 14.4. The molecule has 0 bridgehead atoms. The Bertz CT molecular complexity index is 969. The van der Waals surface area contributed by atoms with Crippen LogP contribution in [0.3, 0.4) is 0 Å². The van der Waals surface area contributed by atoms with E-state index in [4.69, 9.17) is 11.6 Å². The van der Waals surface area contributed by atoms with Crippen LogP contribution < -0.4 is 0 Å². The monoisotopic (exact) mass is 424 g/mol. The molecule has 4 rings (SSSR count).